The summed E-state index contributed by atoms with van der Waals surface area (Å²) in [5, 5.41) is 8.32. The lowest BCUT2D eigenvalue weighted by Gasteiger charge is -2.27. The SMILES string of the molecule is [2H]C([2H])([2H])C(c1cc(-c2cccc3c4ccccc4c4ccccc4c4cc(C5CCCCC5)cc5c4n(c23)CN5c2cccc(Oc3ccc4c5ccccc5n(-c5cc(C(C)(C)C)ccn5)c4c3)c2)cc(C(C)(C)C)c1)(C([2H])([2H])[2H])C([2H])([2H])[2H]. The van der Waals surface area contributed by atoms with Gasteiger partial charge < -0.3 is 14.2 Å². The third-order valence-corrected chi connectivity index (χ3v) is 16.5. The van der Waals surface area contributed by atoms with Crippen LogP contribution in [0, 0.1) is 0 Å². The van der Waals surface area contributed by atoms with Crippen LogP contribution in [0.4, 0.5) is 11.4 Å². The van der Waals surface area contributed by atoms with E-state index >= 15 is 0 Å². The highest BCUT2D eigenvalue weighted by Crippen LogP contribution is 2.48. The van der Waals surface area contributed by atoms with Crippen molar-refractivity contribution in [2.75, 3.05) is 4.90 Å². The molecule has 0 saturated heterocycles. The molecular formula is C72H70N4O. The first-order chi connectivity index (χ1) is 40.8. The van der Waals surface area contributed by atoms with Gasteiger partial charge >= 0.3 is 0 Å². The molecule has 1 aliphatic carbocycles. The van der Waals surface area contributed by atoms with E-state index < -0.39 is 31.4 Å². The van der Waals surface area contributed by atoms with Crippen molar-refractivity contribution in [3.05, 3.63) is 204 Å². The van der Waals surface area contributed by atoms with E-state index in [9.17, 15) is 0 Å². The quantitative estimate of drug-likeness (QED) is 0.166. The predicted molar refractivity (Wildman–Crippen MR) is 327 cm³/mol. The number of rotatable bonds is 6. The minimum absolute atomic E-state index is 0.0801. The van der Waals surface area contributed by atoms with Crippen LogP contribution in [0.1, 0.15) is 135 Å². The molecule has 3 aromatic heterocycles. The fourth-order valence-electron chi connectivity index (χ4n) is 12.4. The first kappa shape index (κ1) is 39.5. The standard InChI is InChI=1S/C72H70N4O/c1-70(2,3)49-35-36-73-67(42-49)76-64-32-18-17-29-60(64)61-34-33-54(44-65(61)76)77-53-24-19-23-52(43-53)74-45-75-68-55(48-37-50(71(4,5)6)41-51(38-48)72(7,8)9)30-20-31-62(68)58-27-15-13-25-56(58)57-26-14-16-28-59(57)63-39-47(40-66(74)69(63)75)46-21-11-10-12-22-46/h13-20,23-44,46H,10-12,21-22,45H2,1-9H3/i4D3,5D3,6D3. The summed E-state index contributed by atoms with van der Waals surface area (Å²) in [6.07, 6.45) is 7.58. The Kier molecular flexibility index (Phi) is 9.44. The Labute approximate surface area is 466 Å². The Morgan fingerprint density at radius 3 is 1.83 bits per heavy atom. The van der Waals surface area contributed by atoms with Crippen molar-refractivity contribution in [3.8, 4) is 28.4 Å². The van der Waals surface area contributed by atoms with Gasteiger partial charge in [-0.1, -0.05) is 191 Å². The molecule has 4 heterocycles. The van der Waals surface area contributed by atoms with E-state index in [2.05, 4.69) is 156 Å². The number of benzene rings is 8. The summed E-state index contributed by atoms with van der Waals surface area (Å²) in [7, 11) is 0. The minimum atomic E-state index is -3.47. The van der Waals surface area contributed by atoms with Crippen LogP contribution < -0.4 is 9.64 Å². The number of para-hydroxylation sites is 2. The van der Waals surface area contributed by atoms with Gasteiger partial charge in [0.05, 0.1) is 27.8 Å². The molecule has 384 valence electrons. The minimum Gasteiger partial charge on any atom is -0.457 e. The van der Waals surface area contributed by atoms with Gasteiger partial charge in [0.1, 0.15) is 24.0 Å². The Morgan fingerprint density at radius 1 is 0.494 bits per heavy atom. The second-order valence-electron chi connectivity index (χ2n) is 23.6. The molecule has 0 atom stereocenters. The maximum atomic E-state index is 8.89. The molecule has 5 heteroatoms. The van der Waals surface area contributed by atoms with Gasteiger partial charge in [-0.25, -0.2) is 4.98 Å². The second-order valence-corrected chi connectivity index (χ2v) is 23.6. The van der Waals surface area contributed by atoms with Gasteiger partial charge in [-0.15, -0.1) is 0 Å². The average molecular weight is 1020 g/mol. The van der Waals surface area contributed by atoms with Gasteiger partial charge in [0.2, 0.25) is 0 Å². The maximum absolute atomic E-state index is 8.89. The number of ether oxygens (including phenoxy) is 1. The maximum Gasteiger partial charge on any atom is 0.137 e. The molecule has 0 bridgehead atoms. The molecule has 2 aliphatic rings. The highest BCUT2D eigenvalue weighted by atomic mass is 16.5. The molecule has 0 amide bonds. The zero-order valence-electron chi connectivity index (χ0n) is 53.8. The van der Waals surface area contributed by atoms with Crippen LogP contribution in [-0.4, -0.2) is 14.1 Å². The van der Waals surface area contributed by atoms with Crippen molar-refractivity contribution < 1.29 is 17.1 Å². The molecule has 0 spiro atoms. The van der Waals surface area contributed by atoms with Crippen molar-refractivity contribution in [2.45, 2.75) is 123 Å². The first-order valence-electron chi connectivity index (χ1n) is 31.8. The van der Waals surface area contributed by atoms with Crippen molar-refractivity contribution in [1.29, 1.82) is 0 Å². The molecule has 77 heavy (non-hydrogen) atoms. The number of hydrogen-bond acceptors (Lipinski definition) is 3. The lowest BCUT2D eigenvalue weighted by molar-refractivity contribution is 0.444. The lowest BCUT2D eigenvalue weighted by Crippen LogP contribution is -2.17. The van der Waals surface area contributed by atoms with Gasteiger partial charge in [-0.2, -0.15) is 0 Å². The molecule has 11 aromatic rings. The van der Waals surface area contributed by atoms with E-state index in [4.69, 9.17) is 22.1 Å². The smallest absolute Gasteiger partial charge is 0.137 e. The normalized spacial score (nSPS) is 16.6. The van der Waals surface area contributed by atoms with E-state index in [0.29, 0.717) is 40.8 Å². The van der Waals surface area contributed by atoms with Crippen LogP contribution in [0.15, 0.2) is 182 Å². The summed E-state index contributed by atoms with van der Waals surface area (Å²) in [5.74, 6) is 2.49. The summed E-state index contributed by atoms with van der Waals surface area (Å²) in [5.41, 5.74) is 5.71. The van der Waals surface area contributed by atoms with Gasteiger partial charge in [-0.3, -0.25) is 4.57 Å². The summed E-state index contributed by atoms with van der Waals surface area (Å²) in [6.45, 7) is 2.48. The number of aromatic nitrogens is 3. The van der Waals surface area contributed by atoms with E-state index in [1.165, 1.54) is 29.7 Å². The Bertz CT molecular complexity index is 4550. The third kappa shape index (κ3) is 8.59. The zero-order chi connectivity index (χ0) is 60.5. The van der Waals surface area contributed by atoms with Crippen molar-refractivity contribution in [2.24, 2.45) is 0 Å². The number of nitrogens with zero attached hydrogens (tertiary/aromatic N) is 4. The van der Waals surface area contributed by atoms with Gasteiger partial charge in [0.15, 0.2) is 0 Å². The number of pyridine rings is 1. The van der Waals surface area contributed by atoms with E-state index in [1.807, 2.05) is 69.4 Å². The fraction of sp³-hybridized carbons (Fsp3) is 0.264. The van der Waals surface area contributed by atoms with Crippen molar-refractivity contribution in [1.82, 2.24) is 14.1 Å². The molecule has 8 aromatic carbocycles. The molecule has 13 rings (SSSR count). The van der Waals surface area contributed by atoms with Crippen molar-refractivity contribution >= 4 is 76.5 Å². The summed E-state index contributed by atoms with van der Waals surface area (Å²) < 4.78 is 91.6. The van der Waals surface area contributed by atoms with Crippen molar-refractivity contribution in [3.63, 3.8) is 0 Å². The van der Waals surface area contributed by atoms with Crippen LogP contribution in [0.5, 0.6) is 11.5 Å². The summed E-state index contributed by atoms with van der Waals surface area (Å²) in [4.78, 5) is 7.29. The van der Waals surface area contributed by atoms with Crippen LogP contribution >= 0.6 is 0 Å². The first-order valence-corrected chi connectivity index (χ1v) is 27.3. The lowest BCUT2D eigenvalue weighted by atomic mass is 9.78. The van der Waals surface area contributed by atoms with Crippen LogP contribution in [0.2, 0.25) is 0 Å². The molecule has 0 N–H and O–H groups in total. The third-order valence-electron chi connectivity index (χ3n) is 16.5. The molecule has 1 saturated carbocycles. The molecule has 1 fully saturated rings. The Balaban J connectivity index is 1.07. The topological polar surface area (TPSA) is 35.2 Å². The monoisotopic (exact) mass is 1020 g/mol. The fourth-order valence-corrected chi connectivity index (χ4v) is 12.4. The van der Waals surface area contributed by atoms with Gasteiger partial charge in [0, 0.05) is 63.5 Å². The van der Waals surface area contributed by atoms with E-state index in [-0.39, 0.29) is 11.0 Å². The van der Waals surface area contributed by atoms with Crippen LogP contribution in [0.3, 0.4) is 0 Å². The molecule has 1 aliphatic heterocycles. The Morgan fingerprint density at radius 2 is 1.12 bits per heavy atom. The summed E-state index contributed by atoms with van der Waals surface area (Å²) >= 11 is 0. The second kappa shape index (κ2) is 18.4. The molecule has 0 radical (unpaired) electrons. The molecule has 5 nitrogen and oxygen atoms in total. The zero-order valence-corrected chi connectivity index (χ0v) is 44.8. The van der Waals surface area contributed by atoms with Gasteiger partial charge in [0.25, 0.3) is 0 Å². The predicted octanol–water partition coefficient (Wildman–Crippen LogP) is 20.2. The van der Waals surface area contributed by atoms with Crippen LogP contribution in [0.25, 0.3) is 82.1 Å². The molecule has 0 unspecified atom stereocenters. The highest BCUT2D eigenvalue weighted by Gasteiger charge is 2.30. The highest BCUT2D eigenvalue weighted by molar-refractivity contribution is 6.22. The average Bonchev–Trinajstić information content (AvgIpc) is 0.925. The Hall–Kier alpha value is -7.89. The number of hydrogen-bond donors (Lipinski definition) is 0. The van der Waals surface area contributed by atoms with Crippen LogP contribution in [-0.2, 0) is 22.9 Å². The number of fused-ring (bicyclic) bond motifs is 10. The van der Waals surface area contributed by atoms with E-state index in [0.717, 1.165) is 108 Å². The summed E-state index contributed by atoms with van der Waals surface area (Å²) in [6, 6.07) is 60.2. The molecular weight excluding hydrogens is 937 g/mol. The number of anilines is 2. The largest absolute Gasteiger partial charge is 0.457 e. The van der Waals surface area contributed by atoms with Gasteiger partial charge in [-0.05, 0) is 139 Å². The van der Waals surface area contributed by atoms with E-state index in [1.54, 1.807) is 0 Å².